The van der Waals surface area contributed by atoms with E-state index in [2.05, 4.69) is 5.32 Å². The first-order chi connectivity index (χ1) is 9.20. The molecule has 0 saturated heterocycles. The Morgan fingerprint density at radius 3 is 2.68 bits per heavy atom. The number of ether oxygens (including phenoxy) is 1. The van der Waals surface area contributed by atoms with Crippen molar-refractivity contribution in [1.82, 2.24) is 0 Å². The molecule has 0 aliphatic heterocycles. The first-order valence-corrected chi connectivity index (χ1v) is 5.66. The second-order valence-corrected chi connectivity index (χ2v) is 3.86. The van der Waals surface area contributed by atoms with Crippen molar-refractivity contribution in [2.45, 2.75) is 6.92 Å². The zero-order valence-corrected chi connectivity index (χ0v) is 10.3. The van der Waals surface area contributed by atoms with Gasteiger partial charge in [0.25, 0.3) is 5.91 Å². The van der Waals surface area contributed by atoms with Gasteiger partial charge in [0.2, 0.25) is 0 Å². The Morgan fingerprint density at radius 1 is 1.37 bits per heavy atom. The Labute approximate surface area is 110 Å². The molecule has 2 aromatic rings. The van der Waals surface area contributed by atoms with E-state index in [-0.39, 0.29) is 12.5 Å². The van der Waals surface area contributed by atoms with Crippen molar-refractivity contribution < 1.29 is 13.9 Å². The van der Waals surface area contributed by atoms with Gasteiger partial charge < -0.3 is 14.5 Å². The van der Waals surface area contributed by atoms with Gasteiger partial charge in [-0.05, 0) is 37.3 Å². The van der Waals surface area contributed by atoms with E-state index in [9.17, 15) is 4.79 Å². The number of nitrogens with zero attached hydrogens (tertiary/aromatic N) is 1. The van der Waals surface area contributed by atoms with E-state index in [4.69, 9.17) is 14.4 Å². The van der Waals surface area contributed by atoms with Crippen LogP contribution in [-0.4, -0.2) is 12.5 Å². The summed E-state index contributed by atoms with van der Waals surface area (Å²) < 4.78 is 10.2. The molecule has 0 unspecified atom stereocenters. The molecule has 1 aromatic heterocycles. The van der Waals surface area contributed by atoms with Crippen LogP contribution in [0.1, 0.15) is 16.1 Å². The third-order valence-electron chi connectivity index (χ3n) is 2.48. The summed E-state index contributed by atoms with van der Waals surface area (Å²) in [6.07, 6.45) is 1.48. The van der Waals surface area contributed by atoms with Crippen LogP contribution in [0, 0.1) is 18.3 Å². The fraction of sp³-hybridized carbons (Fsp3) is 0.143. The van der Waals surface area contributed by atoms with E-state index in [0.29, 0.717) is 17.2 Å². The molecule has 0 aliphatic rings. The number of benzene rings is 1. The Hall–Kier alpha value is -2.74. The van der Waals surface area contributed by atoms with Crippen molar-refractivity contribution in [1.29, 1.82) is 5.26 Å². The molecule has 0 aliphatic carbocycles. The molecule has 0 spiro atoms. The Balaban J connectivity index is 2.02. The van der Waals surface area contributed by atoms with Gasteiger partial charge in [0.05, 0.1) is 6.26 Å². The highest BCUT2D eigenvalue weighted by atomic mass is 16.5. The highest BCUT2D eigenvalue weighted by molar-refractivity contribution is 6.03. The van der Waals surface area contributed by atoms with E-state index in [0.717, 1.165) is 5.56 Å². The lowest BCUT2D eigenvalue weighted by Gasteiger charge is -2.05. The van der Waals surface area contributed by atoms with Gasteiger partial charge >= 0.3 is 0 Å². The molecule has 1 heterocycles. The lowest BCUT2D eigenvalue weighted by molar-refractivity contribution is 0.0996. The lowest BCUT2D eigenvalue weighted by Crippen LogP contribution is -2.11. The molecule has 5 nitrogen and oxygen atoms in total. The maximum Gasteiger partial charge on any atom is 0.291 e. The molecule has 96 valence electrons. The molecule has 1 N–H and O–H groups in total. The van der Waals surface area contributed by atoms with Crippen LogP contribution in [0.15, 0.2) is 41.0 Å². The van der Waals surface area contributed by atoms with Gasteiger partial charge in [0.1, 0.15) is 11.8 Å². The smallest absolute Gasteiger partial charge is 0.291 e. The Morgan fingerprint density at radius 2 is 2.11 bits per heavy atom. The Kier molecular flexibility index (Phi) is 3.84. The minimum absolute atomic E-state index is 0.00268. The summed E-state index contributed by atoms with van der Waals surface area (Å²) in [6.45, 7) is 1.80. The fourth-order valence-electron chi connectivity index (χ4n) is 1.54. The maximum absolute atomic E-state index is 11.9. The first-order valence-electron chi connectivity index (χ1n) is 5.66. The van der Waals surface area contributed by atoms with Crippen molar-refractivity contribution >= 4 is 11.6 Å². The van der Waals surface area contributed by atoms with Crippen LogP contribution in [-0.2, 0) is 0 Å². The number of rotatable bonds is 4. The molecular weight excluding hydrogens is 244 g/mol. The standard InChI is InChI=1S/C14H12N2O3/c1-10-6-8-19-13(10)14(17)16-11-2-4-12(5-3-11)18-9-7-15/h2-6,8H,9H2,1H3,(H,16,17). The van der Waals surface area contributed by atoms with Crippen LogP contribution >= 0.6 is 0 Å². The lowest BCUT2D eigenvalue weighted by atomic mass is 10.2. The first kappa shape index (κ1) is 12.7. The van der Waals surface area contributed by atoms with Gasteiger partial charge in [-0.2, -0.15) is 5.26 Å². The topological polar surface area (TPSA) is 75.3 Å². The highest BCUT2D eigenvalue weighted by Gasteiger charge is 2.12. The van der Waals surface area contributed by atoms with E-state index in [1.807, 2.05) is 6.07 Å². The van der Waals surface area contributed by atoms with Gasteiger partial charge in [-0.3, -0.25) is 4.79 Å². The number of nitriles is 1. The van der Waals surface area contributed by atoms with Crippen molar-refractivity contribution in [3.8, 4) is 11.8 Å². The van der Waals surface area contributed by atoms with Gasteiger partial charge in [-0.15, -0.1) is 0 Å². The second-order valence-electron chi connectivity index (χ2n) is 3.86. The second kappa shape index (κ2) is 5.74. The number of amides is 1. The van der Waals surface area contributed by atoms with Crippen LogP contribution in [0.2, 0.25) is 0 Å². The molecule has 1 aromatic carbocycles. The van der Waals surface area contributed by atoms with Crippen LogP contribution < -0.4 is 10.1 Å². The van der Waals surface area contributed by atoms with Crippen LogP contribution in [0.25, 0.3) is 0 Å². The Bertz CT molecular complexity index is 608. The minimum Gasteiger partial charge on any atom is -0.479 e. The predicted octanol–water partition coefficient (Wildman–Crippen LogP) is 2.74. The third kappa shape index (κ3) is 3.13. The summed E-state index contributed by atoms with van der Waals surface area (Å²) in [6, 6.07) is 10.4. The van der Waals surface area contributed by atoms with Crippen LogP contribution in [0.4, 0.5) is 5.69 Å². The monoisotopic (exact) mass is 256 g/mol. The summed E-state index contributed by atoms with van der Waals surface area (Å²) in [7, 11) is 0. The molecule has 0 bridgehead atoms. The van der Waals surface area contributed by atoms with Crippen LogP contribution in [0.3, 0.4) is 0 Å². The zero-order valence-electron chi connectivity index (χ0n) is 10.3. The average Bonchev–Trinajstić information content (AvgIpc) is 2.84. The normalized spacial score (nSPS) is 9.68. The predicted molar refractivity (Wildman–Crippen MR) is 68.9 cm³/mol. The summed E-state index contributed by atoms with van der Waals surface area (Å²) in [4.78, 5) is 11.9. The average molecular weight is 256 g/mol. The zero-order chi connectivity index (χ0) is 13.7. The molecular formula is C14H12N2O3. The number of hydrogen-bond acceptors (Lipinski definition) is 4. The molecule has 0 radical (unpaired) electrons. The number of anilines is 1. The molecule has 0 fully saturated rings. The van der Waals surface area contributed by atoms with E-state index >= 15 is 0 Å². The fourth-order valence-corrected chi connectivity index (χ4v) is 1.54. The summed E-state index contributed by atoms with van der Waals surface area (Å²) in [5, 5.41) is 11.1. The van der Waals surface area contributed by atoms with Crippen LogP contribution in [0.5, 0.6) is 5.75 Å². The van der Waals surface area contributed by atoms with E-state index in [1.54, 1.807) is 37.3 Å². The van der Waals surface area contributed by atoms with Crippen molar-refractivity contribution in [3.05, 3.63) is 47.9 Å². The summed E-state index contributed by atoms with van der Waals surface area (Å²) in [5.41, 5.74) is 1.41. The quantitative estimate of drug-likeness (QED) is 0.912. The van der Waals surface area contributed by atoms with Gasteiger partial charge in [-0.1, -0.05) is 0 Å². The summed E-state index contributed by atoms with van der Waals surface area (Å²) >= 11 is 0. The summed E-state index contributed by atoms with van der Waals surface area (Å²) in [5.74, 6) is 0.576. The highest BCUT2D eigenvalue weighted by Crippen LogP contribution is 2.17. The minimum atomic E-state index is -0.298. The van der Waals surface area contributed by atoms with E-state index < -0.39 is 0 Å². The molecule has 1 amide bonds. The van der Waals surface area contributed by atoms with Crippen molar-refractivity contribution in [2.75, 3.05) is 11.9 Å². The number of hydrogen-bond donors (Lipinski definition) is 1. The SMILES string of the molecule is Cc1ccoc1C(=O)Nc1ccc(OCC#N)cc1. The van der Waals surface area contributed by atoms with E-state index in [1.165, 1.54) is 6.26 Å². The number of carbonyl (C=O) groups is 1. The largest absolute Gasteiger partial charge is 0.479 e. The maximum atomic E-state index is 11.9. The number of aryl methyl sites for hydroxylation is 1. The van der Waals surface area contributed by atoms with Crippen molar-refractivity contribution in [3.63, 3.8) is 0 Å². The van der Waals surface area contributed by atoms with Gasteiger partial charge in [0, 0.05) is 11.3 Å². The molecule has 0 saturated carbocycles. The molecule has 5 heteroatoms. The number of carbonyl (C=O) groups excluding carboxylic acids is 1. The van der Waals surface area contributed by atoms with Crippen molar-refractivity contribution in [2.24, 2.45) is 0 Å². The molecule has 19 heavy (non-hydrogen) atoms. The number of furan rings is 1. The third-order valence-corrected chi connectivity index (χ3v) is 2.48. The molecule has 0 atom stereocenters. The van der Waals surface area contributed by atoms with Gasteiger partial charge in [0.15, 0.2) is 12.4 Å². The number of nitrogens with one attached hydrogen (secondary N) is 1. The van der Waals surface area contributed by atoms with Gasteiger partial charge in [-0.25, -0.2) is 0 Å². The molecule has 2 rings (SSSR count).